The van der Waals surface area contributed by atoms with Gasteiger partial charge in [0, 0.05) is 30.8 Å². The molecule has 0 bridgehead atoms. The third-order valence-corrected chi connectivity index (χ3v) is 4.78. The molecule has 1 aliphatic rings. The Morgan fingerprint density at radius 3 is 2.90 bits per heavy atom. The zero-order valence-corrected chi connectivity index (χ0v) is 13.3. The first-order valence-corrected chi connectivity index (χ1v) is 8.45. The minimum absolute atomic E-state index is 0.0640. The second-order valence-electron chi connectivity index (χ2n) is 5.09. The van der Waals surface area contributed by atoms with Crippen LogP contribution in [0.2, 0.25) is 0 Å². The molecule has 1 fully saturated rings. The Morgan fingerprint density at radius 1 is 1.38 bits per heavy atom. The monoisotopic (exact) mass is 309 g/mol. The Bertz CT molecular complexity index is 447. The molecular formula is C16H23NO3S. The first kappa shape index (κ1) is 16.2. The Hall–Kier alpha value is -1.20. The second-order valence-corrected chi connectivity index (χ2v) is 6.49. The largest absolute Gasteiger partial charge is 0.484 e. The number of para-hydroxylation sites is 1. The van der Waals surface area contributed by atoms with Crippen molar-refractivity contribution < 1.29 is 14.3 Å². The van der Waals surface area contributed by atoms with Crippen molar-refractivity contribution in [3.05, 3.63) is 29.8 Å². The van der Waals surface area contributed by atoms with Gasteiger partial charge in [-0.3, -0.25) is 4.79 Å². The standard InChI is InChI=1S/C16H23NO3S/c1-13-4-2-3-5-15(13)20-12-16(18)17-8-11-21-14-6-9-19-10-7-14/h2-5,14H,6-12H2,1H3,(H,17,18). The molecular weight excluding hydrogens is 286 g/mol. The number of rotatable bonds is 7. The molecule has 1 heterocycles. The summed E-state index contributed by atoms with van der Waals surface area (Å²) in [7, 11) is 0. The van der Waals surface area contributed by atoms with Gasteiger partial charge in [-0.15, -0.1) is 0 Å². The van der Waals surface area contributed by atoms with Gasteiger partial charge in [0.2, 0.25) is 0 Å². The maximum Gasteiger partial charge on any atom is 0.257 e. The number of carbonyl (C=O) groups excluding carboxylic acids is 1. The number of amides is 1. The first-order chi connectivity index (χ1) is 10.3. The number of hydrogen-bond donors (Lipinski definition) is 1. The van der Waals surface area contributed by atoms with Gasteiger partial charge in [0.05, 0.1) is 0 Å². The summed E-state index contributed by atoms with van der Waals surface area (Å²) in [4.78, 5) is 11.7. The molecule has 1 amide bonds. The van der Waals surface area contributed by atoms with Crippen molar-refractivity contribution in [2.45, 2.75) is 25.0 Å². The number of thioether (sulfide) groups is 1. The minimum Gasteiger partial charge on any atom is -0.484 e. The highest BCUT2D eigenvalue weighted by Crippen LogP contribution is 2.21. The average Bonchev–Trinajstić information content (AvgIpc) is 2.52. The lowest BCUT2D eigenvalue weighted by Gasteiger charge is -2.21. The van der Waals surface area contributed by atoms with Crippen molar-refractivity contribution in [3.8, 4) is 5.75 Å². The summed E-state index contributed by atoms with van der Waals surface area (Å²) in [5, 5.41) is 3.58. The smallest absolute Gasteiger partial charge is 0.257 e. The molecule has 4 nitrogen and oxygen atoms in total. The van der Waals surface area contributed by atoms with E-state index >= 15 is 0 Å². The minimum atomic E-state index is -0.0640. The number of nitrogens with one attached hydrogen (secondary N) is 1. The lowest BCUT2D eigenvalue weighted by Crippen LogP contribution is -2.31. The summed E-state index contributed by atoms with van der Waals surface area (Å²) in [6, 6.07) is 7.71. The molecule has 1 aliphatic heterocycles. The highest BCUT2D eigenvalue weighted by atomic mass is 32.2. The number of aryl methyl sites for hydroxylation is 1. The summed E-state index contributed by atoms with van der Waals surface area (Å²) < 4.78 is 10.8. The van der Waals surface area contributed by atoms with E-state index in [0.29, 0.717) is 11.8 Å². The third-order valence-electron chi connectivity index (χ3n) is 3.40. The van der Waals surface area contributed by atoms with Crippen LogP contribution < -0.4 is 10.1 Å². The number of carbonyl (C=O) groups is 1. The number of hydrogen-bond acceptors (Lipinski definition) is 4. The molecule has 116 valence electrons. The predicted molar refractivity (Wildman–Crippen MR) is 86.0 cm³/mol. The summed E-state index contributed by atoms with van der Waals surface area (Å²) in [5.41, 5.74) is 1.04. The van der Waals surface area contributed by atoms with E-state index in [4.69, 9.17) is 9.47 Å². The Labute approximate surface area is 130 Å². The van der Waals surface area contributed by atoms with Gasteiger partial charge in [0.1, 0.15) is 5.75 Å². The molecule has 1 saturated heterocycles. The Kier molecular flexibility index (Phi) is 6.89. The second kappa shape index (κ2) is 8.95. The number of benzene rings is 1. The van der Waals surface area contributed by atoms with Crippen LogP contribution in [-0.2, 0) is 9.53 Å². The average molecular weight is 309 g/mol. The molecule has 0 atom stereocenters. The summed E-state index contributed by atoms with van der Waals surface area (Å²) in [6.45, 7) is 4.48. The molecule has 1 aromatic carbocycles. The van der Waals surface area contributed by atoms with E-state index < -0.39 is 0 Å². The Balaban J connectivity index is 1.56. The van der Waals surface area contributed by atoms with Crippen LogP contribution in [0.5, 0.6) is 5.75 Å². The van der Waals surface area contributed by atoms with Crippen molar-refractivity contribution in [2.24, 2.45) is 0 Å². The van der Waals surface area contributed by atoms with Gasteiger partial charge in [0.25, 0.3) is 5.91 Å². The van der Waals surface area contributed by atoms with E-state index in [0.717, 1.165) is 43.1 Å². The van der Waals surface area contributed by atoms with Crippen LogP contribution in [-0.4, -0.2) is 43.3 Å². The summed E-state index contributed by atoms with van der Waals surface area (Å²) in [6.07, 6.45) is 2.24. The molecule has 5 heteroatoms. The van der Waals surface area contributed by atoms with E-state index in [1.807, 2.05) is 43.0 Å². The molecule has 1 N–H and O–H groups in total. The zero-order valence-electron chi connectivity index (χ0n) is 12.5. The van der Waals surface area contributed by atoms with Gasteiger partial charge in [-0.1, -0.05) is 18.2 Å². The normalized spacial score (nSPS) is 15.7. The molecule has 1 aromatic rings. The highest BCUT2D eigenvalue weighted by Gasteiger charge is 2.13. The van der Waals surface area contributed by atoms with Gasteiger partial charge in [0.15, 0.2) is 6.61 Å². The van der Waals surface area contributed by atoms with Crippen LogP contribution in [0.15, 0.2) is 24.3 Å². The van der Waals surface area contributed by atoms with Gasteiger partial charge in [-0.25, -0.2) is 0 Å². The number of ether oxygens (including phenoxy) is 2. The Morgan fingerprint density at radius 2 is 2.14 bits per heavy atom. The lowest BCUT2D eigenvalue weighted by atomic mass is 10.2. The predicted octanol–water partition coefficient (Wildman–Crippen LogP) is 2.40. The SMILES string of the molecule is Cc1ccccc1OCC(=O)NCCSC1CCOCC1. The fourth-order valence-corrected chi connectivity index (χ4v) is 3.25. The topological polar surface area (TPSA) is 47.6 Å². The van der Waals surface area contributed by atoms with Crippen molar-refractivity contribution in [3.63, 3.8) is 0 Å². The van der Waals surface area contributed by atoms with Crippen LogP contribution >= 0.6 is 11.8 Å². The molecule has 0 unspecified atom stereocenters. The molecule has 2 rings (SSSR count). The van der Waals surface area contributed by atoms with Crippen LogP contribution in [0, 0.1) is 6.92 Å². The van der Waals surface area contributed by atoms with E-state index in [1.54, 1.807) is 0 Å². The van der Waals surface area contributed by atoms with Crippen LogP contribution in [0.25, 0.3) is 0 Å². The third kappa shape index (κ3) is 5.98. The van der Waals surface area contributed by atoms with Crippen molar-refractivity contribution in [2.75, 3.05) is 32.1 Å². The fourth-order valence-electron chi connectivity index (χ4n) is 2.17. The maximum atomic E-state index is 11.7. The summed E-state index contributed by atoms with van der Waals surface area (Å²) >= 11 is 1.92. The quantitative estimate of drug-likeness (QED) is 0.786. The van der Waals surface area contributed by atoms with Gasteiger partial charge < -0.3 is 14.8 Å². The summed E-state index contributed by atoms with van der Waals surface area (Å²) in [5.74, 6) is 1.65. The van der Waals surface area contributed by atoms with Crippen LogP contribution in [0.1, 0.15) is 18.4 Å². The molecule has 0 radical (unpaired) electrons. The van der Waals surface area contributed by atoms with Crippen molar-refractivity contribution in [1.82, 2.24) is 5.32 Å². The molecule has 21 heavy (non-hydrogen) atoms. The highest BCUT2D eigenvalue weighted by molar-refractivity contribution is 7.99. The lowest BCUT2D eigenvalue weighted by molar-refractivity contribution is -0.122. The van der Waals surface area contributed by atoms with Crippen molar-refractivity contribution in [1.29, 1.82) is 0 Å². The van der Waals surface area contributed by atoms with Crippen LogP contribution in [0.4, 0.5) is 0 Å². The van der Waals surface area contributed by atoms with E-state index in [2.05, 4.69) is 5.32 Å². The van der Waals surface area contributed by atoms with E-state index in [-0.39, 0.29) is 12.5 Å². The van der Waals surface area contributed by atoms with E-state index in [9.17, 15) is 4.79 Å². The fraction of sp³-hybridized carbons (Fsp3) is 0.562. The van der Waals surface area contributed by atoms with Crippen LogP contribution in [0.3, 0.4) is 0 Å². The van der Waals surface area contributed by atoms with Gasteiger partial charge in [-0.05, 0) is 31.4 Å². The zero-order chi connectivity index (χ0) is 14.9. The van der Waals surface area contributed by atoms with Crippen molar-refractivity contribution >= 4 is 17.7 Å². The molecule has 0 spiro atoms. The molecule has 0 aromatic heterocycles. The van der Waals surface area contributed by atoms with Gasteiger partial charge >= 0.3 is 0 Å². The molecule has 0 saturated carbocycles. The first-order valence-electron chi connectivity index (χ1n) is 7.40. The maximum absolute atomic E-state index is 11.7. The van der Waals surface area contributed by atoms with Gasteiger partial charge in [-0.2, -0.15) is 11.8 Å². The molecule has 0 aliphatic carbocycles. The van der Waals surface area contributed by atoms with E-state index in [1.165, 1.54) is 0 Å².